The quantitative estimate of drug-likeness (QED) is 0.476. The van der Waals surface area contributed by atoms with Crippen LogP contribution in [0.3, 0.4) is 0 Å². The van der Waals surface area contributed by atoms with E-state index in [2.05, 4.69) is 55.6 Å². The van der Waals surface area contributed by atoms with Crippen molar-refractivity contribution in [2.75, 3.05) is 44.7 Å². The summed E-state index contributed by atoms with van der Waals surface area (Å²) in [5.74, 6) is 0.544. The molecule has 0 radical (unpaired) electrons. The number of anilines is 1. The topological polar surface area (TPSA) is 114 Å². The molecule has 11 heteroatoms. The highest BCUT2D eigenvalue weighted by atomic mass is 79.9. The van der Waals surface area contributed by atoms with Gasteiger partial charge in [0.1, 0.15) is 12.4 Å². The van der Waals surface area contributed by atoms with Crippen LogP contribution in [-0.4, -0.2) is 87.8 Å². The fourth-order valence-corrected chi connectivity index (χ4v) is 5.55. The normalized spacial score (nSPS) is 20.9. The number of halogens is 1. The van der Waals surface area contributed by atoms with Crippen molar-refractivity contribution in [3.63, 3.8) is 0 Å². The van der Waals surface area contributed by atoms with Crippen LogP contribution in [0.15, 0.2) is 29.4 Å². The Bertz CT molecular complexity index is 1320. The van der Waals surface area contributed by atoms with Gasteiger partial charge in [0, 0.05) is 35.5 Å². The van der Waals surface area contributed by atoms with Gasteiger partial charge >= 0.3 is 6.01 Å². The van der Waals surface area contributed by atoms with Gasteiger partial charge < -0.3 is 19.4 Å². The summed E-state index contributed by atoms with van der Waals surface area (Å²) < 4.78 is 7.00. The molecule has 4 heterocycles. The maximum Gasteiger partial charge on any atom is 0.319 e. The number of rotatable bonds is 6. The summed E-state index contributed by atoms with van der Waals surface area (Å²) in [6, 6.07) is 4.56. The number of amides is 1. The van der Waals surface area contributed by atoms with Gasteiger partial charge in [-0.2, -0.15) is 20.3 Å². The van der Waals surface area contributed by atoms with E-state index in [1.165, 1.54) is 6.08 Å². The van der Waals surface area contributed by atoms with Crippen molar-refractivity contribution in [3.05, 3.63) is 29.4 Å². The summed E-state index contributed by atoms with van der Waals surface area (Å²) >= 11 is 3.63. The average molecular weight is 539 g/mol. The van der Waals surface area contributed by atoms with Crippen molar-refractivity contribution < 1.29 is 9.53 Å². The molecular formula is C24H27BrN8O2. The van der Waals surface area contributed by atoms with Crippen LogP contribution in [0.1, 0.15) is 19.3 Å². The standard InChI is InChI=1S/C24H27BrN8O2/c1-3-20(34)33-10-9-32(13-15(33)6-7-26)23-21-19(11-18(25)17-12-27-30-22(17)21)28-24(29-23)35-14-16-5-4-8-31(16)2/h3,11-12,15-16H,1,4-6,8-10,13-14H2,2H3,(H,27,30). The number of likely N-dealkylation sites (N-methyl/N-ethyl adjacent to an activating group) is 1. The molecule has 1 N–H and O–H groups in total. The van der Waals surface area contributed by atoms with Gasteiger partial charge in [-0.1, -0.05) is 6.58 Å². The van der Waals surface area contributed by atoms with Gasteiger partial charge in [-0.05, 0) is 54.5 Å². The van der Waals surface area contributed by atoms with Crippen LogP contribution in [0.2, 0.25) is 0 Å². The molecule has 2 aliphatic heterocycles. The fourth-order valence-electron chi connectivity index (χ4n) is 5.03. The smallest absolute Gasteiger partial charge is 0.319 e. The fraction of sp³-hybridized carbons (Fsp3) is 0.458. The van der Waals surface area contributed by atoms with E-state index in [1.54, 1.807) is 11.1 Å². The summed E-state index contributed by atoms with van der Waals surface area (Å²) in [5, 5.41) is 18.5. The summed E-state index contributed by atoms with van der Waals surface area (Å²) in [6.07, 6.45) is 5.54. The van der Waals surface area contributed by atoms with E-state index in [9.17, 15) is 10.1 Å². The molecule has 10 nitrogen and oxygen atoms in total. The van der Waals surface area contributed by atoms with Gasteiger partial charge in [-0.25, -0.2) is 0 Å². The maximum absolute atomic E-state index is 12.4. The number of piperazine rings is 1. The highest BCUT2D eigenvalue weighted by Crippen LogP contribution is 2.36. The van der Waals surface area contributed by atoms with Gasteiger partial charge in [0.25, 0.3) is 0 Å². The average Bonchev–Trinajstić information content (AvgIpc) is 3.51. The van der Waals surface area contributed by atoms with Crippen LogP contribution in [0, 0.1) is 11.3 Å². The van der Waals surface area contributed by atoms with E-state index < -0.39 is 0 Å². The molecule has 0 aliphatic carbocycles. The zero-order valence-corrected chi connectivity index (χ0v) is 21.2. The maximum atomic E-state index is 12.4. The number of fused-ring (bicyclic) bond motifs is 3. The predicted molar refractivity (Wildman–Crippen MR) is 136 cm³/mol. The minimum Gasteiger partial charge on any atom is -0.462 e. The molecule has 182 valence electrons. The number of benzene rings is 1. The van der Waals surface area contributed by atoms with Crippen molar-refractivity contribution in [1.82, 2.24) is 30.0 Å². The van der Waals surface area contributed by atoms with Crippen molar-refractivity contribution in [3.8, 4) is 12.1 Å². The lowest BCUT2D eigenvalue weighted by Gasteiger charge is -2.41. The number of carbonyl (C=O) groups is 1. The number of likely N-dealkylation sites (tertiary alicyclic amines) is 1. The van der Waals surface area contributed by atoms with Crippen LogP contribution < -0.4 is 9.64 Å². The first-order chi connectivity index (χ1) is 17.0. The van der Waals surface area contributed by atoms with E-state index in [0.29, 0.717) is 44.1 Å². The van der Waals surface area contributed by atoms with E-state index in [-0.39, 0.29) is 18.4 Å². The van der Waals surface area contributed by atoms with Gasteiger partial charge in [0.05, 0.1) is 41.1 Å². The number of hydrogen-bond acceptors (Lipinski definition) is 8. The first kappa shape index (κ1) is 23.5. The van der Waals surface area contributed by atoms with E-state index in [0.717, 1.165) is 45.7 Å². The zero-order valence-electron chi connectivity index (χ0n) is 19.6. The third kappa shape index (κ3) is 4.44. The number of nitriles is 1. The largest absolute Gasteiger partial charge is 0.462 e. The van der Waals surface area contributed by atoms with Crippen molar-refractivity contribution in [2.45, 2.75) is 31.3 Å². The zero-order chi connectivity index (χ0) is 24.5. The lowest BCUT2D eigenvalue weighted by atomic mass is 10.1. The highest BCUT2D eigenvalue weighted by molar-refractivity contribution is 9.10. The lowest BCUT2D eigenvalue weighted by Crippen LogP contribution is -2.55. The van der Waals surface area contributed by atoms with E-state index >= 15 is 0 Å². The third-order valence-corrected chi connectivity index (χ3v) is 7.61. The molecule has 1 aromatic carbocycles. The molecule has 1 amide bonds. The molecule has 5 rings (SSSR count). The molecule has 2 aromatic heterocycles. The molecule has 3 aromatic rings. The van der Waals surface area contributed by atoms with Crippen molar-refractivity contribution >= 4 is 49.5 Å². The molecule has 0 spiro atoms. The monoisotopic (exact) mass is 538 g/mol. The number of carbonyl (C=O) groups excluding carboxylic acids is 1. The molecule has 0 saturated carbocycles. The molecule has 2 unspecified atom stereocenters. The summed E-state index contributed by atoms with van der Waals surface area (Å²) in [4.78, 5) is 28.1. The number of nitrogens with one attached hydrogen (secondary N) is 1. The van der Waals surface area contributed by atoms with Crippen molar-refractivity contribution in [2.24, 2.45) is 0 Å². The minimum absolute atomic E-state index is 0.165. The molecular weight excluding hydrogens is 512 g/mol. The second kappa shape index (κ2) is 9.79. The van der Waals surface area contributed by atoms with Crippen LogP contribution in [0.5, 0.6) is 6.01 Å². The Balaban J connectivity index is 1.55. The number of hydrogen-bond donors (Lipinski definition) is 1. The third-order valence-electron chi connectivity index (χ3n) is 6.95. The Morgan fingerprint density at radius 1 is 1.37 bits per heavy atom. The Morgan fingerprint density at radius 3 is 2.97 bits per heavy atom. The van der Waals surface area contributed by atoms with Crippen LogP contribution in [0.4, 0.5) is 5.82 Å². The van der Waals surface area contributed by atoms with Gasteiger partial charge in [-0.15, -0.1) is 0 Å². The van der Waals surface area contributed by atoms with Gasteiger partial charge in [-0.3, -0.25) is 9.89 Å². The van der Waals surface area contributed by atoms with Crippen LogP contribution in [0.25, 0.3) is 21.8 Å². The van der Waals surface area contributed by atoms with Crippen molar-refractivity contribution in [1.29, 1.82) is 5.26 Å². The second-order valence-electron chi connectivity index (χ2n) is 9.03. The van der Waals surface area contributed by atoms with Gasteiger partial charge in [0.15, 0.2) is 0 Å². The highest BCUT2D eigenvalue weighted by Gasteiger charge is 2.32. The number of nitrogens with zero attached hydrogens (tertiary/aromatic N) is 7. The summed E-state index contributed by atoms with van der Waals surface area (Å²) in [7, 11) is 2.11. The number of aromatic nitrogens is 4. The molecule has 2 saturated heterocycles. The molecule has 2 aliphatic rings. The Kier molecular flexibility index (Phi) is 6.58. The molecule has 35 heavy (non-hydrogen) atoms. The summed E-state index contributed by atoms with van der Waals surface area (Å²) in [6.45, 7) is 6.69. The predicted octanol–water partition coefficient (Wildman–Crippen LogP) is 2.86. The number of aromatic amines is 1. The van der Waals surface area contributed by atoms with E-state index in [4.69, 9.17) is 14.7 Å². The number of ether oxygens (including phenoxy) is 1. The van der Waals surface area contributed by atoms with Crippen LogP contribution in [-0.2, 0) is 4.79 Å². The Hall–Kier alpha value is -3.23. The van der Waals surface area contributed by atoms with E-state index in [1.807, 2.05) is 6.07 Å². The minimum atomic E-state index is -0.270. The lowest BCUT2D eigenvalue weighted by molar-refractivity contribution is -0.128. The summed E-state index contributed by atoms with van der Waals surface area (Å²) in [5.41, 5.74) is 1.56. The van der Waals surface area contributed by atoms with Gasteiger partial charge in [0.2, 0.25) is 5.91 Å². The first-order valence-electron chi connectivity index (χ1n) is 11.7. The Morgan fingerprint density at radius 2 is 2.23 bits per heavy atom. The number of H-pyrrole nitrogens is 1. The first-order valence-corrected chi connectivity index (χ1v) is 12.5. The molecule has 0 bridgehead atoms. The SMILES string of the molecule is C=CC(=O)N1CCN(c2nc(OCC3CCCN3C)nc3cc(Br)c4cn[nH]c4c23)CC1CC#N. The second-order valence-corrected chi connectivity index (χ2v) is 9.88. The molecule has 2 fully saturated rings. The van der Waals surface area contributed by atoms with Crippen LogP contribution >= 0.6 is 15.9 Å². The Labute approximate surface area is 211 Å². The molecule has 2 atom stereocenters.